The van der Waals surface area contributed by atoms with Crippen molar-refractivity contribution in [2.24, 2.45) is 0 Å². The number of nitrogens with one attached hydrogen (secondary N) is 1. The highest BCUT2D eigenvalue weighted by atomic mass is 79.9. The molecule has 2 amide bonds. The summed E-state index contributed by atoms with van der Waals surface area (Å²) in [4.78, 5) is 33.9. The van der Waals surface area contributed by atoms with Crippen LogP contribution >= 0.6 is 15.9 Å². The van der Waals surface area contributed by atoms with Gasteiger partial charge < -0.3 is 5.32 Å². The first kappa shape index (κ1) is 14.9. The van der Waals surface area contributed by atoms with Gasteiger partial charge in [0.25, 0.3) is 5.91 Å². The fourth-order valence-electron chi connectivity index (χ4n) is 2.37. The van der Waals surface area contributed by atoms with E-state index in [0.717, 1.165) is 12.8 Å². The van der Waals surface area contributed by atoms with E-state index in [9.17, 15) is 9.59 Å². The summed E-state index contributed by atoms with van der Waals surface area (Å²) < 4.78 is 0.621. The molecule has 1 N–H and O–H groups in total. The maximum atomic E-state index is 12.3. The maximum absolute atomic E-state index is 12.3. The van der Waals surface area contributed by atoms with Crippen LogP contribution in [-0.4, -0.2) is 38.8 Å². The van der Waals surface area contributed by atoms with Crippen molar-refractivity contribution >= 4 is 33.6 Å². The third kappa shape index (κ3) is 2.98. The Morgan fingerprint density at radius 2 is 2.05 bits per heavy atom. The molecule has 1 saturated heterocycles. The van der Waals surface area contributed by atoms with Crippen molar-refractivity contribution in [3.8, 4) is 0 Å². The van der Waals surface area contributed by atoms with Gasteiger partial charge in [-0.05, 0) is 28.8 Å². The number of hydrogen-bond acceptors (Lipinski definition) is 5. The van der Waals surface area contributed by atoms with Gasteiger partial charge in [-0.1, -0.05) is 13.8 Å². The smallest absolute Gasteiger partial charge is 0.252 e. The minimum atomic E-state index is -0.543. The molecule has 2 rings (SSSR count). The molecule has 1 aliphatic rings. The van der Waals surface area contributed by atoms with Crippen molar-refractivity contribution in [3.05, 3.63) is 17.0 Å². The second-order valence-corrected chi connectivity index (χ2v) is 5.51. The van der Waals surface area contributed by atoms with E-state index in [4.69, 9.17) is 0 Å². The Balaban J connectivity index is 2.09. The Hall–Kier alpha value is -1.50. The fraction of sp³-hybridized carbons (Fsp3) is 0.538. The molecule has 0 aliphatic carbocycles. The molecular formula is C13H17BrN4O2. The first-order valence-corrected chi connectivity index (χ1v) is 7.46. The molecule has 1 unspecified atom stereocenters. The van der Waals surface area contributed by atoms with Crippen LogP contribution in [0.4, 0.5) is 5.82 Å². The predicted octanol–water partition coefficient (Wildman–Crippen LogP) is 1.97. The van der Waals surface area contributed by atoms with Crippen molar-refractivity contribution < 1.29 is 9.59 Å². The van der Waals surface area contributed by atoms with Gasteiger partial charge in [0.15, 0.2) is 0 Å². The van der Waals surface area contributed by atoms with Crippen LogP contribution in [0.5, 0.6) is 0 Å². The number of hydrogen-bond donors (Lipinski definition) is 1. The van der Waals surface area contributed by atoms with E-state index in [1.807, 2.05) is 13.8 Å². The van der Waals surface area contributed by atoms with Crippen molar-refractivity contribution in [2.45, 2.75) is 45.2 Å². The topological polar surface area (TPSA) is 75.2 Å². The van der Waals surface area contributed by atoms with Gasteiger partial charge in [0.2, 0.25) is 5.91 Å². The number of amides is 2. The molecule has 20 heavy (non-hydrogen) atoms. The predicted molar refractivity (Wildman–Crippen MR) is 78.0 cm³/mol. The van der Waals surface area contributed by atoms with Gasteiger partial charge in [-0.15, -0.1) is 0 Å². The molecule has 1 aliphatic heterocycles. The Bertz CT molecular complexity index is 502. The van der Waals surface area contributed by atoms with E-state index in [1.54, 1.807) is 6.20 Å². The van der Waals surface area contributed by atoms with Crippen molar-refractivity contribution in [1.29, 1.82) is 0 Å². The lowest BCUT2D eigenvalue weighted by Gasteiger charge is -2.24. The van der Waals surface area contributed by atoms with E-state index in [-0.39, 0.29) is 24.3 Å². The molecule has 108 valence electrons. The number of halogens is 1. The zero-order valence-corrected chi connectivity index (χ0v) is 13.1. The van der Waals surface area contributed by atoms with Crippen molar-refractivity contribution in [1.82, 2.24) is 14.9 Å². The standard InChI is InChI=1S/C13H17BrN4O2/c1-3-8(4-2)18-12(19)5-9(13(18)20)17-11-7-15-10(14)6-16-11/h6-9H,3-5H2,1-2H3,(H,16,17). The monoisotopic (exact) mass is 340 g/mol. The molecule has 0 aromatic carbocycles. The summed E-state index contributed by atoms with van der Waals surface area (Å²) in [7, 11) is 0. The van der Waals surface area contributed by atoms with Gasteiger partial charge in [-0.3, -0.25) is 14.5 Å². The molecule has 0 radical (unpaired) electrons. The molecule has 1 atom stereocenters. The lowest BCUT2D eigenvalue weighted by molar-refractivity contribution is -0.141. The maximum Gasteiger partial charge on any atom is 0.252 e. The van der Waals surface area contributed by atoms with Crippen LogP contribution in [0.25, 0.3) is 0 Å². The highest BCUT2D eigenvalue weighted by Crippen LogP contribution is 2.22. The number of nitrogens with zero attached hydrogens (tertiary/aromatic N) is 3. The number of anilines is 1. The summed E-state index contributed by atoms with van der Waals surface area (Å²) in [6.07, 6.45) is 4.80. The first-order valence-electron chi connectivity index (χ1n) is 6.66. The van der Waals surface area contributed by atoms with E-state index in [0.29, 0.717) is 10.4 Å². The third-order valence-corrected chi connectivity index (χ3v) is 3.84. The van der Waals surface area contributed by atoms with E-state index in [2.05, 4.69) is 31.2 Å². The van der Waals surface area contributed by atoms with Gasteiger partial charge in [-0.25, -0.2) is 9.97 Å². The minimum absolute atomic E-state index is 0.0159. The Kier molecular flexibility index (Phi) is 4.69. The van der Waals surface area contributed by atoms with Crippen LogP contribution in [0, 0.1) is 0 Å². The number of likely N-dealkylation sites (tertiary alicyclic amines) is 1. The lowest BCUT2D eigenvalue weighted by Crippen LogP contribution is -2.41. The number of aromatic nitrogens is 2. The number of carbonyl (C=O) groups excluding carboxylic acids is 2. The average Bonchev–Trinajstić information content (AvgIpc) is 2.71. The second-order valence-electron chi connectivity index (χ2n) is 4.70. The van der Waals surface area contributed by atoms with E-state index >= 15 is 0 Å². The third-order valence-electron chi connectivity index (χ3n) is 3.43. The van der Waals surface area contributed by atoms with Crippen molar-refractivity contribution in [2.75, 3.05) is 5.32 Å². The minimum Gasteiger partial charge on any atom is -0.357 e. The molecule has 7 heteroatoms. The molecule has 1 aromatic heterocycles. The van der Waals surface area contributed by atoms with Crippen molar-refractivity contribution in [3.63, 3.8) is 0 Å². The molecular weight excluding hydrogens is 324 g/mol. The summed E-state index contributed by atoms with van der Waals surface area (Å²) in [6, 6.07) is -0.559. The van der Waals surface area contributed by atoms with Gasteiger partial charge in [0.05, 0.1) is 18.8 Å². The van der Waals surface area contributed by atoms with Gasteiger partial charge in [-0.2, -0.15) is 0 Å². The average molecular weight is 341 g/mol. The van der Waals surface area contributed by atoms with Crippen LogP contribution in [-0.2, 0) is 9.59 Å². The van der Waals surface area contributed by atoms with Gasteiger partial charge >= 0.3 is 0 Å². The molecule has 1 fully saturated rings. The number of rotatable bonds is 5. The molecule has 0 spiro atoms. The first-order chi connectivity index (χ1) is 9.56. The number of carbonyl (C=O) groups is 2. The number of imide groups is 1. The van der Waals surface area contributed by atoms with Crippen LogP contribution < -0.4 is 5.32 Å². The molecule has 6 nitrogen and oxygen atoms in total. The summed E-state index contributed by atoms with van der Waals surface area (Å²) in [6.45, 7) is 3.96. The lowest BCUT2D eigenvalue weighted by atomic mass is 10.1. The zero-order valence-electron chi connectivity index (χ0n) is 11.5. The Labute approximate surface area is 126 Å². The zero-order chi connectivity index (χ0) is 14.7. The summed E-state index contributed by atoms with van der Waals surface area (Å²) >= 11 is 3.20. The SMILES string of the molecule is CCC(CC)N1C(=O)CC(Nc2cnc(Br)cn2)C1=O. The largest absolute Gasteiger partial charge is 0.357 e. The highest BCUT2D eigenvalue weighted by molar-refractivity contribution is 9.10. The summed E-state index contributed by atoms with van der Waals surface area (Å²) in [5.41, 5.74) is 0. The van der Waals surface area contributed by atoms with Gasteiger partial charge in [0.1, 0.15) is 16.5 Å². The van der Waals surface area contributed by atoms with Crippen LogP contribution in [0.15, 0.2) is 17.0 Å². The Morgan fingerprint density at radius 1 is 1.35 bits per heavy atom. The normalized spacial score (nSPS) is 19.0. The molecule has 0 bridgehead atoms. The molecule has 1 aromatic rings. The summed E-state index contributed by atoms with van der Waals surface area (Å²) in [5, 5.41) is 2.97. The molecule has 2 heterocycles. The van der Waals surface area contributed by atoms with E-state index in [1.165, 1.54) is 11.1 Å². The van der Waals surface area contributed by atoms with Crippen LogP contribution in [0.2, 0.25) is 0 Å². The highest BCUT2D eigenvalue weighted by Gasteiger charge is 2.41. The van der Waals surface area contributed by atoms with E-state index < -0.39 is 6.04 Å². The molecule has 0 saturated carbocycles. The summed E-state index contributed by atoms with van der Waals surface area (Å²) in [5.74, 6) is 0.199. The quantitative estimate of drug-likeness (QED) is 0.829. The Morgan fingerprint density at radius 3 is 2.60 bits per heavy atom. The van der Waals surface area contributed by atoms with Crippen LogP contribution in [0.3, 0.4) is 0 Å². The second kappa shape index (κ2) is 6.30. The van der Waals surface area contributed by atoms with Crippen LogP contribution in [0.1, 0.15) is 33.1 Å². The van der Waals surface area contributed by atoms with Gasteiger partial charge in [0, 0.05) is 6.04 Å². The fourth-order valence-corrected chi connectivity index (χ4v) is 2.57.